The number of ether oxygens (including phenoxy) is 1. The topological polar surface area (TPSA) is 69.0 Å². The van der Waals surface area contributed by atoms with Gasteiger partial charge in [0.1, 0.15) is 28.4 Å². The Kier molecular flexibility index (Phi) is 6.61. The Hall–Kier alpha value is -3.52. The van der Waals surface area contributed by atoms with Crippen LogP contribution in [0.5, 0.6) is 5.75 Å². The van der Waals surface area contributed by atoms with Gasteiger partial charge in [-0.2, -0.15) is 0 Å². The fourth-order valence-corrected chi connectivity index (χ4v) is 4.27. The molecule has 0 spiro atoms. The number of nitrogens with one attached hydrogen (secondary N) is 1. The van der Waals surface area contributed by atoms with E-state index in [1.165, 1.54) is 23.5 Å². The molecule has 0 saturated carbocycles. The van der Waals surface area contributed by atoms with Gasteiger partial charge in [-0.1, -0.05) is 24.3 Å². The molecule has 0 aliphatic carbocycles. The third-order valence-corrected chi connectivity index (χ3v) is 5.86. The van der Waals surface area contributed by atoms with Crippen molar-refractivity contribution in [2.75, 3.05) is 6.61 Å². The predicted octanol–water partition coefficient (Wildman–Crippen LogP) is 4.53. The van der Waals surface area contributed by atoms with E-state index in [-0.39, 0.29) is 18.1 Å². The molecule has 1 atom stereocenters. The quantitative estimate of drug-likeness (QED) is 0.428. The number of hydrogen-bond donors (Lipinski definition) is 1. The Labute approximate surface area is 189 Å². The van der Waals surface area contributed by atoms with E-state index < -0.39 is 6.04 Å². The monoisotopic (exact) mass is 450 g/mol. The van der Waals surface area contributed by atoms with E-state index in [4.69, 9.17) is 4.74 Å². The number of benzene rings is 2. The van der Waals surface area contributed by atoms with E-state index in [9.17, 15) is 9.18 Å². The summed E-state index contributed by atoms with van der Waals surface area (Å²) in [5, 5.41) is 5.70. The lowest BCUT2D eigenvalue weighted by Gasteiger charge is -2.19. The van der Waals surface area contributed by atoms with Gasteiger partial charge in [0.25, 0.3) is 0 Å². The predicted molar refractivity (Wildman–Crippen MR) is 122 cm³/mol. The van der Waals surface area contributed by atoms with Crippen molar-refractivity contribution < 1.29 is 13.9 Å². The zero-order valence-corrected chi connectivity index (χ0v) is 18.6. The number of aryl methyl sites for hydroxylation is 1. The first kappa shape index (κ1) is 21.7. The summed E-state index contributed by atoms with van der Waals surface area (Å²) >= 11 is 1.47. The van der Waals surface area contributed by atoms with Gasteiger partial charge in [0.15, 0.2) is 0 Å². The molecule has 164 valence electrons. The molecule has 8 heteroatoms. The zero-order chi connectivity index (χ0) is 22.5. The Morgan fingerprint density at radius 3 is 2.72 bits per heavy atom. The summed E-state index contributed by atoms with van der Waals surface area (Å²) in [5.41, 5.74) is 2.33. The van der Waals surface area contributed by atoms with Crippen LogP contribution in [0.2, 0.25) is 0 Å². The van der Waals surface area contributed by atoms with Gasteiger partial charge in [-0.3, -0.25) is 4.79 Å². The highest BCUT2D eigenvalue weighted by Gasteiger charge is 2.22. The van der Waals surface area contributed by atoms with Gasteiger partial charge in [0.2, 0.25) is 5.91 Å². The average Bonchev–Trinajstić information content (AvgIpc) is 3.42. The molecule has 0 bridgehead atoms. The van der Waals surface area contributed by atoms with Gasteiger partial charge in [-0.25, -0.2) is 14.4 Å². The SMILES string of the molecule is CCOc1ccccc1-c1nc(CC(=O)NC(c2ccc(F)cc2)c2nccn2C)cs1. The number of amides is 1. The molecule has 1 unspecified atom stereocenters. The van der Waals surface area contributed by atoms with Crippen LogP contribution in [0.4, 0.5) is 4.39 Å². The van der Waals surface area contributed by atoms with Crippen molar-refractivity contribution in [1.82, 2.24) is 19.9 Å². The maximum absolute atomic E-state index is 13.4. The Balaban J connectivity index is 1.52. The fourth-order valence-electron chi connectivity index (χ4n) is 3.42. The highest BCUT2D eigenvalue weighted by atomic mass is 32.1. The lowest BCUT2D eigenvalue weighted by Crippen LogP contribution is -2.32. The second kappa shape index (κ2) is 9.74. The summed E-state index contributed by atoms with van der Waals surface area (Å²) in [6.07, 6.45) is 3.59. The van der Waals surface area contributed by atoms with Gasteiger partial charge >= 0.3 is 0 Å². The summed E-state index contributed by atoms with van der Waals surface area (Å²) in [4.78, 5) is 21.9. The summed E-state index contributed by atoms with van der Waals surface area (Å²) in [6.45, 7) is 2.50. The average molecular weight is 451 g/mol. The van der Waals surface area contributed by atoms with E-state index in [1.807, 2.05) is 48.2 Å². The van der Waals surface area contributed by atoms with Gasteiger partial charge in [-0.05, 0) is 36.8 Å². The number of imidazole rings is 1. The van der Waals surface area contributed by atoms with Crippen molar-refractivity contribution in [3.8, 4) is 16.3 Å². The number of hydrogen-bond acceptors (Lipinski definition) is 5. The Morgan fingerprint density at radius 1 is 1.22 bits per heavy atom. The molecule has 1 N–H and O–H groups in total. The molecule has 0 fully saturated rings. The molecule has 0 radical (unpaired) electrons. The van der Waals surface area contributed by atoms with Gasteiger partial charge in [0, 0.05) is 24.8 Å². The summed E-state index contributed by atoms with van der Waals surface area (Å²) < 4.78 is 20.9. The number of aromatic nitrogens is 3. The maximum Gasteiger partial charge on any atom is 0.226 e. The van der Waals surface area contributed by atoms with Crippen LogP contribution in [-0.4, -0.2) is 27.0 Å². The number of thiazole rings is 1. The number of halogens is 1. The minimum absolute atomic E-state index is 0.120. The van der Waals surface area contributed by atoms with Crippen molar-refractivity contribution in [3.05, 3.63) is 89.2 Å². The molecular weight excluding hydrogens is 427 g/mol. The van der Waals surface area contributed by atoms with Crippen molar-refractivity contribution in [2.45, 2.75) is 19.4 Å². The van der Waals surface area contributed by atoms with Crippen LogP contribution < -0.4 is 10.1 Å². The standard InChI is InChI=1S/C24H23FN4O2S/c1-3-31-20-7-5-4-6-19(20)24-27-18(15-32-24)14-21(30)28-22(23-26-12-13-29(23)2)16-8-10-17(25)11-9-16/h4-13,15,22H,3,14H2,1-2H3,(H,28,30). The Morgan fingerprint density at radius 2 is 2.00 bits per heavy atom. The molecule has 1 amide bonds. The molecule has 4 rings (SSSR count). The molecule has 0 saturated heterocycles. The Bertz CT molecular complexity index is 1200. The molecule has 6 nitrogen and oxygen atoms in total. The molecular formula is C24H23FN4O2S. The smallest absolute Gasteiger partial charge is 0.226 e. The third kappa shape index (κ3) is 4.86. The van der Waals surface area contributed by atoms with Crippen molar-refractivity contribution in [1.29, 1.82) is 0 Å². The molecule has 2 aromatic heterocycles. The van der Waals surface area contributed by atoms with Crippen LogP contribution in [0.3, 0.4) is 0 Å². The summed E-state index contributed by atoms with van der Waals surface area (Å²) in [5.74, 6) is 0.902. The highest BCUT2D eigenvalue weighted by molar-refractivity contribution is 7.13. The molecule has 32 heavy (non-hydrogen) atoms. The lowest BCUT2D eigenvalue weighted by atomic mass is 10.1. The fraction of sp³-hybridized carbons (Fsp3) is 0.208. The second-order valence-corrected chi connectivity index (χ2v) is 8.06. The second-order valence-electron chi connectivity index (χ2n) is 7.20. The van der Waals surface area contributed by atoms with Gasteiger partial charge in [-0.15, -0.1) is 11.3 Å². The van der Waals surface area contributed by atoms with Crippen LogP contribution in [0, 0.1) is 5.82 Å². The van der Waals surface area contributed by atoms with Crippen LogP contribution in [0.15, 0.2) is 66.3 Å². The molecule has 0 aliphatic heterocycles. The minimum Gasteiger partial charge on any atom is -0.493 e. The largest absolute Gasteiger partial charge is 0.493 e. The highest BCUT2D eigenvalue weighted by Crippen LogP contribution is 2.32. The van der Waals surface area contributed by atoms with Crippen LogP contribution in [0.25, 0.3) is 10.6 Å². The molecule has 0 aliphatic rings. The first-order chi connectivity index (χ1) is 15.5. The van der Waals surface area contributed by atoms with E-state index in [0.29, 0.717) is 18.1 Å². The van der Waals surface area contributed by atoms with Gasteiger partial charge < -0.3 is 14.6 Å². The molecule has 2 aromatic carbocycles. The number of nitrogens with zero attached hydrogens (tertiary/aromatic N) is 3. The number of para-hydroxylation sites is 1. The summed E-state index contributed by atoms with van der Waals surface area (Å²) in [6, 6.07) is 13.3. The van der Waals surface area contributed by atoms with Crippen molar-refractivity contribution >= 4 is 17.2 Å². The third-order valence-electron chi connectivity index (χ3n) is 4.94. The minimum atomic E-state index is -0.500. The lowest BCUT2D eigenvalue weighted by molar-refractivity contribution is -0.121. The van der Waals surface area contributed by atoms with Crippen LogP contribution >= 0.6 is 11.3 Å². The van der Waals surface area contributed by atoms with Crippen molar-refractivity contribution in [3.63, 3.8) is 0 Å². The summed E-state index contributed by atoms with van der Waals surface area (Å²) in [7, 11) is 1.85. The van der Waals surface area contributed by atoms with E-state index >= 15 is 0 Å². The van der Waals surface area contributed by atoms with Gasteiger partial charge in [0.05, 0.1) is 24.3 Å². The van der Waals surface area contributed by atoms with E-state index in [0.717, 1.165) is 21.9 Å². The normalized spacial score (nSPS) is 11.8. The van der Waals surface area contributed by atoms with Crippen LogP contribution in [0.1, 0.15) is 30.0 Å². The van der Waals surface area contributed by atoms with Crippen molar-refractivity contribution in [2.24, 2.45) is 7.05 Å². The number of rotatable bonds is 8. The number of carbonyl (C=O) groups is 1. The first-order valence-corrected chi connectivity index (χ1v) is 11.1. The van der Waals surface area contributed by atoms with Crippen LogP contribution in [-0.2, 0) is 18.3 Å². The first-order valence-electron chi connectivity index (χ1n) is 10.2. The zero-order valence-electron chi connectivity index (χ0n) is 17.8. The van der Waals surface area contributed by atoms with E-state index in [1.54, 1.807) is 24.5 Å². The number of carbonyl (C=O) groups excluding carboxylic acids is 1. The molecule has 4 aromatic rings. The molecule has 2 heterocycles. The maximum atomic E-state index is 13.4. The van der Waals surface area contributed by atoms with E-state index in [2.05, 4.69) is 15.3 Å².